The van der Waals surface area contributed by atoms with Crippen molar-refractivity contribution in [1.29, 1.82) is 0 Å². The van der Waals surface area contributed by atoms with Gasteiger partial charge in [0.1, 0.15) is 5.01 Å². The van der Waals surface area contributed by atoms with Crippen molar-refractivity contribution in [3.63, 3.8) is 0 Å². The Kier molecular flexibility index (Phi) is 4.49. The van der Waals surface area contributed by atoms with Gasteiger partial charge in [-0.3, -0.25) is 9.67 Å². The zero-order valence-corrected chi connectivity index (χ0v) is 13.3. The van der Waals surface area contributed by atoms with E-state index in [4.69, 9.17) is 12.2 Å². The number of nitrogens with one attached hydrogen (secondary N) is 1. The number of rotatable bonds is 5. The first-order valence-electron chi connectivity index (χ1n) is 6.29. The lowest BCUT2D eigenvalue weighted by Crippen LogP contribution is -2.09. The summed E-state index contributed by atoms with van der Waals surface area (Å²) in [4.78, 5) is 7.61. The predicted molar refractivity (Wildman–Crippen MR) is 80.9 cm³/mol. The molecule has 2 heterocycles. The van der Waals surface area contributed by atoms with E-state index in [9.17, 15) is 0 Å². The van der Waals surface area contributed by atoms with E-state index >= 15 is 0 Å². The van der Waals surface area contributed by atoms with Gasteiger partial charge in [-0.1, -0.05) is 6.92 Å². The molecule has 0 fully saturated rings. The van der Waals surface area contributed by atoms with E-state index in [1.807, 2.05) is 20.3 Å². The van der Waals surface area contributed by atoms with Gasteiger partial charge >= 0.3 is 0 Å². The van der Waals surface area contributed by atoms with Crippen LogP contribution in [0.1, 0.15) is 31.3 Å². The van der Waals surface area contributed by atoms with Gasteiger partial charge in [0.15, 0.2) is 10.6 Å². The minimum absolute atomic E-state index is 0.334. The summed E-state index contributed by atoms with van der Waals surface area (Å²) in [5.74, 6) is 0.891. The van der Waals surface area contributed by atoms with Crippen molar-refractivity contribution in [2.75, 3.05) is 14.1 Å². The second-order valence-corrected chi connectivity index (χ2v) is 6.34. The fourth-order valence-corrected chi connectivity index (χ4v) is 3.16. The van der Waals surface area contributed by atoms with Crippen LogP contribution in [0.3, 0.4) is 0 Å². The molecule has 0 spiro atoms. The standard InChI is InChI=1S/C12H19N5S2/c1-5-8(2)17-11(14-15-12(17)18)9-6-13-10(19-9)7-16(3)4/h6,8H,5,7H2,1-4H3,(H,15,18). The Labute approximate surface area is 122 Å². The molecule has 5 nitrogen and oxygen atoms in total. The van der Waals surface area contributed by atoms with Crippen molar-refractivity contribution in [3.8, 4) is 10.7 Å². The Morgan fingerprint density at radius 3 is 2.89 bits per heavy atom. The quantitative estimate of drug-likeness (QED) is 0.862. The molecular formula is C12H19N5S2. The number of hydrogen-bond acceptors (Lipinski definition) is 5. The van der Waals surface area contributed by atoms with Gasteiger partial charge in [-0.25, -0.2) is 4.98 Å². The molecule has 0 aliphatic rings. The fourth-order valence-electron chi connectivity index (χ4n) is 1.83. The molecule has 0 radical (unpaired) electrons. The largest absolute Gasteiger partial charge is 0.303 e. The molecule has 0 amide bonds. The normalized spacial score (nSPS) is 13.1. The lowest BCUT2D eigenvalue weighted by atomic mass is 10.2. The first kappa shape index (κ1) is 14.4. The highest BCUT2D eigenvalue weighted by Crippen LogP contribution is 2.27. The third kappa shape index (κ3) is 3.10. The molecule has 1 atom stereocenters. The SMILES string of the molecule is CCC(C)n1c(-c2cnc(CN(C)C)s2)n[nH]c1=S. The molecule has 2 aromatic rings. The number of hydrogen-bond donors (Lipinski definition) is 1. The second-order valence-electron chi connectivity index (χ2n) is 4.84. The van der Waals surface area contributed by atoms with Crippen molar-refractivity contribution in [2.24, 2.45) is 0 Å². The fraction of sp³-hybridized carbons (Fsp3) is 0.583. The topological polar surface area (TPSA) is 49.7 Å². The summed E-state index contributed by atoms with van der Waals surface area (Å²) in [6.07, 6.45) is 2.90. The molecule has 1 N–H and O–H groups in total. The molecule has 0 aliphatic carbocycles. The van der Waals surface area contributed by atoms with Crippen LogP contribution in [-0.4, -0.2) is 38.7 Å². The first-order valence-corrected chi connectivity index (χ1v) is 7.52. The Morgan fingerprint density at radius 1 is 1.53 bits per heavy atom. The average molecular weight is 297 g/mol. The summed E-state index contributed by atoms with van der Waals surface area (Å²) in [6, 6.07) is 0.334. The van der Waals surface area contributed by atoms with E-state index in [0.717, 1.165) is 28.7 Å². The molecule has 1 unspecified atom stereocenters. The van der Waals surface area contributed by atoms with Crippen molar-refractivity contribution in [2.45, 2.75) is 32.9 Å². The maximum Gasteiger partial charge on any atom is 0.195 e. The van der Waals surface area contributed by atoms with Crippen LogP contribution in [0.4, 0.5) is 0 Å². The minimum Gasteiger partial charge on any atom is -0.303 e. The summed E-state index contributed by atoms with van der Waals surface area (Å²) in [7, 11) is 4.08. The van der Waals surface area contributed by atoms with Crippen LogP contribution < -0.4 is 0 Å². The highest BCUT2D eigenvalue weighted by Gasteiger charge is 2.15. The van der Waals surface area contributed by atoms with Crippen molar-refractivity contribution in [1.82, 2.24) is 24.6 Å². The molecule has 0 saturated carbocycles. The molecule has 2 rings (SSSR count). The van der Waals surface area contributed by atoms with E-state index < -0.39 is 0 Å². The van der Waals surface area contributed by atoms with Crippen molar-refractivity contribution < 1.29 is 0 Å². The zero-order chi connectivity index (χ0) is 14.0. The monoisotopic (exact) mass is 297 g/mol. The summed E-state index contributed by atoms with van der Waals surface area (Å²) < 4.78 is 2.74. The smallest absolute Gasteiger partial charge is 0.195 e. The number of aromatic amines is 1. The lowest BCUT2D eigenvalue weighted by Gasteiger charge is -2.12. The van der Waals surface area contributed by atoms with Gasteiger partial charge in [0.2, 0.25) is 0 Å². The van der Waals surface area contributed by atoms with Crippen LogP contribution >= 0.6 is 23.6 Å². The predicted octanol–water partition coefficient (Wildman–Crippen LogP) is 3.10. The maximum absolute atomic E-state index is 5.31. The van der Waals surface area contributed by atoms with E-state index in [1.54, 1.807) is 11.3 Å². The number of nitrogens with zero attached hydrogens (tertiary/aromatic N) is 4. The Bertz CT molecular complexity index is 595. The summed E-state index contributed by atoms with van der Waals surface area (Å²) in [5, 5.41) is 8.32. The minimum atomic E-state index is 0.334. The summed E-state index contributed by atoms with van der Waals surface area (Å²) >= 11 is 6.98. The van der Waals surface area contributed by atoms with E-state index in [2.05, 4.69) is 38.5 Å². The Hall–Kier alpha value is -1.05. The molecule has 0 aliphatic heterocycles. The summed E-state index contributed by atoms with van der Waals surface area (Å²) in [5.41, 5.74) is 0. The van der Waals surface area contributed by atoms with E-state index in [0.29, 0.717) is 10.8 Å². The number of thiazole rings is 1. The second kappa shape index (κ2) is 5.94. The average Bonchev–Trinajstić information content (AvgIpc) is 2.94. The van der Waals surface area contributed by atoms with Gasteiger partial charge in [0, 0.05) is 18.8 Å². The Morgan fingerprint density at radius 2 is 2.26 bits per heavy atom. The maximum atomic E-state index is 5.31. The van der Waals surface area contributed by atoms with Crippen LogP contribution in [0.2, 0.25) is 0 Å². The molecule has 7 heteroatoms. The van der Waals surface area contributed by atoms with Gasteiger partial charge in [-0.2, -0.15) is 5.10 Å². The lowest BCUT2D eigenvalue weighted by molar-refractivity contribution is 0.401. The van der Waals surface area contributed by atoms with Gasteiger partial charge in [0.25, 0.3) is 0 Å². The molecule has 19 heavy (non-hydrogen) atoms. The van der Waals surface area contributed by atoms with Crippen molar-refractivity contribution >= 4 is 23.6 Å². The first-order chi connectivity index (χ1) is 9.02. The Balaban J connectivity index is 2.37. The van der Waals surface area contributed by atoms with Gasteiger partial charge in [0.05, 0.1) is 4.88 Å². The third-order valence-electron chi connectivity index (χ3n) is 2.96. The molecule has 0 saturated heterocycles. The number of aromatic nitrogens is 4. The van der Waals surface area contributed by atoms with Crippen LogP contribution in [-0.2, 0) is 6.54 Å². The van der Waals surface area contributed by atoms with Crippen LogP contribution in [0, 0.1) is 4.77 Å². The molecule has 104 valence electrons. The molecule has 2 aromatic heterocycles. The van der Waals surface area contributed by atoms with Gasteiger partial charge < -0.3 is 4.90 Å². The third-order valence-corrected chi connectivity index (χ3v) is 4.23. The summed E-state index contributed by atoms with van der Waals surface area (Å²) in [6.45, 7) is 5.14. The van der Waals surface area contributed by atoms with E-state index in [1.165, 1.54) is 0 Å². The highest BCUT2D eigenvalue weighted by molar-refractivity contribution is 7.71. The van der Waals surface area contributed by atoms with Crippen LogP contribution in [0.5, 0.6) is 0 Å². The van der Waals surface area contributed by atoms with Gasteiger partial charge in [-0.15, -0.1) is 11.3 Å². The zero-order valence-electron chi connectivity index (χ0n) is 11.7. The van der Waals surface area contributed by atoms with E-state index in [-0.39, 0.29) is 0 Å². The molecular weight excluding hydrogens is 278 g/mol. The van der Waals surface area contributed by atoms with Gasteiger partial charge in [-0.05, 0) is 39.7 Å². The number of H-pyrrole nitrogens is 1. The molecule has 0 bridgehead atoms. The van der Waals surface area contributed by atoms with Crippen LogP contribution in [0.25, 0.3) is 10.7 Å². The van der Waals surface area contributed by atoms with Crippen LogP contribution in [0.15, 0.2) is 6.20 Å². The highest BCUT2D eigenvalue weighted by atomic mass is 32.1. The van der Waals surface area contributed by atoms with Crippen molar-refractivity contribution in [3.05, 3.63) is 16.0 Å². The molecule has 0 aromatic carbocycles.